The van der Waals surface area contributed by atoms with Crippen LogP contribution in [0, 0.1) is 5.82 Å². The highest BCUT2D eigenvalue weighted by molar-refractivity contribution is 9.10. The Morgan fingerprint density at radius 2 is 1.91 bits per heavy atom. The molecule has 7 heteroatoms. The van der Waals surface area contributed by atoms with Gasteiger partial charge in [0, 0.05) is 31.6 Å². The second-order valence-electron chi connectivity index (χ2n) is 6.39. The van der Waals surface area contributed by atoms with Gasteiger partial charge in [0.25, 0.3) is 0 Å². The number of likely N-dealkylation sites (N-methyl/N-ethyl adjacent to an activating group) is 1. The van der Waals surface area contributed by atoms with E-state index in [1.54, 1.807) is 6.07 Å². The first-order valence-corrected chi connectivity index (χ1v) is 8.42. The lowest BCUT2D eigenvalue weighted by molar-refractivity contribution is -0.135. The van der Waals surface area contributed by atoms with Crippen molar-refractivity contribution in [1.29, 1.82) is 0 Å². The van der Waals surface area contributed by atoms with Crippen molar-refractivity contribution < 1.29 is 9.18 Å². The Morgan fingerprint density at radius 3 is 2.43 bits per heavy atom. The molecular weight excluding hydrogens is 385 g/mol. The van der Waals surface area contributed by atoms with Crippen molar-refractivity contribution in [1.82, 2.24) is 9.80 Å². The Balaban J connectivity index is 0.00000192. The molecule has 2 fully saturated rings. The normalized spacial score (nSPS) is 21.5. The van der Waals surface area contributed by atoms with Gasteiger partial charge in [0.15, 0.2) is 0 Å². The summed E-state index contributed by atoms with van der Waals surface area (Å²) in [5, 5.41) is 0. The molecule has 1 aromatic carbocycles. The molecule has 1 aliphatic heterocycles. The first kappa shape index (κ1) is 18.6. The van der Waals surface area contributed by atoms with Crippen LogP contribution in [0.2, 0.25) is 0 Å². The van der Waals surface area contributed by atoms with Gasteiger partial charge in [-0.25, -0.2) is 4.39 Å². The van der Waals surface area contributed by atoms with Crippen LogP contribution in [0.1, 0.15) is 18.4 Å². The lowest BCUT2D eigenvalue weighted by Crippen LogP contribution is -2.55. The molecule has 1 aliphatic carbocycles. The van der Waals surface area contributed by atoms with Crippen LogP contribution in [-0.4, -0.2) is 55.0 Å². The third-order valence-electron chi connectivity index (χ3n) is 4.96. The summed E-state index contributed by atoms with van der Waals surface area (Å²) in [4.78, 5) is 16.7. The summed E-state index contributed by atoms with van der Waals surface area (Å²) >= 11 is 3.16. The third-order valence-corrected chi connectivity index (χ3v) is 5.60. The van der Waals surface area contributed by atoms with Crippen molar-refractivity contribution in [2.75, 3.05) is 33.2 Å². The third kappa shape index (κ3) is 3.55. The minimum atomic E-state index is -0.587. The van der Waals surface area contributed by atoms with Crippen LogP contribution in [0.4, 0.5) is 4.39 Å². The maximum atomic E-state index is 13.8. The average Bonchev–Trinajstić information content (AvgIpc) is 3.31. The van der Waals surface area contributed by atoms with Crippen LogP contribution in [-0.2, 0) is 10.2 Å². The standard InChI is InChI=1S/C16H21BrFN3O.ClH/c1-20-6-8-21(9-7-20)15(22)14(19)16(4-5-16)11-2-3-12(17)13(18)10-11;/h2-3,10,14H,4-9,19H2,1H3;1H/t14-;/m0./s1. The molecule has 4 nitrogen and oxygen atoms in total. The van der Waals surface area contributed by atoms with Gasteiger partial charge in [0.2, 0.25) is 5.91 Å². The van der Waals surface area contributed by atoms with Gasteiger partial charge in [-0.05, 0) is 53.5 Å². The van der Waals surface area contributed by atoms with Crippen LogP contribution in [0.3, 0.4) is 0 Å². The Kier molecular flexibility index (Phi) is 5.72. The fourth-order valence-corrected chi connectivity index (χ4v) is 3.43. The van der Waals surface area contributed by atoms with Gasteiger partial charge in [-0.1, -0.05) is 6.07 Å². The highest BCUT2D eigenvalue weighted by Crippen LogP contribution is 2.51. The van der Waals surface area contributed by atoms with Gasteiger partial charge in [0.05, 0.1) is 10.5 Å². The maximum Gasteiger partial charge on any atom is 0.240 e. The minimum Gasteiger partial charge on any atom is -0.339 e. The largest absolute Gasteiger partial charge is 0.339 e. The fraction of sp³-hybridized carbons (Fsp3) is 0.562. The molecule has 2 N–H and O–H groups in total. The molecule has 0 spiro atoms. The monoisotopic (exact) mass is 405 g/mol. The maximum absolute atomic E-state index is 13.8. The second-order valence-corrected chi connectivity index (χ2v) is 7.25. The number of carbonyl (C=O) groups is 1. The van der Waals surface area contributed by atoms with Gasteiger partial charge in [-0.15, -0.1) is 12.4 Å². The predicted molar refractivity (Wildman–Crippen MR) is 94.3 cm³/mol. The number of nitrogens with zero attached hydrogens (tertiary/aromatic N) is 2. The van der Waals surface area contributed by atoms with Crippen molar-refractivity contribution in [2.24, 2.45) is 5.73 Å². The van der Waals surface area contributed by atoms with Crippen LogP contribution in [0.15, 0.2) is 22.7 Å². The SMILES string of the molecule is CN1CCN(C(=O)[C@H](N)C2(c3ccc(Br)c(F)c3)CC2)CC1.Cl. The van der Waals surface area contributed by atoms with Crippen LogP contribution >= 0.6 is 28.3 Å². The quantitative estimate of drug-likeness (QED) is 0.837. The van der Waals surface area contributed by atoms with E-state index in [9.17, 15) is 9.18 Å². The summed E-state index contributed by atoms with van der Waals surface area (Å²) in [5.41, 5.74) is 6.75. The Labute approximate surface area is 150 Å². The van der Waals surface area contributed by atoms with Crippen molar-refractivity contribution >= 4 is 34.2 Å². The molecule has 1 amide bonds. The molecule has 128 valence electrons. The number of amides is 1. The summed E-state index contributed by atoms with van der Waals surface area (Å²) in [5.74, 6) is -0.308. The molecule has 0 bridgehead atoms. The van der Waals surface area contributed by atoms with E-state index in [1.807, 2.05) is 11.0 Å². The molecule has 1 atom stereocenters. The van der Waals surface area contributed by atoms with Crippen LogP contribution in [0.5, 0.6) is 0 Å². The molecule has 1 heterocycles. The van der Waals surface area contributed by atoms with E-state index >= 15 is 0 Å². The minimum absolute atomic E-state index is 0. The van der Waals surface area contributed by atoms with E-state index < -0.39 is 6.04 Å². The average molecular weight is 407 g/mol. The summed E-state index contributed by atoms with van der Waals surface area (Å²) in [7, 11) is 2.05. The number of carbonyl (C=O) groups excluding carboxylic acids is 1. The molecule has 23 heavy (non-hydrogen) atoms. The fourth-order valence-electron chi connectivity index (χ4n) is 3.18. The molecule has 1 saturated heterocycles. The predicted octanol–water partition coefficient (Wildman–Crippen LogP) is 2.14. The van der Waals surface area contributed by atoms with E-state index in [2.05, 4.69) is 27.9 Å². The molecule has 0 aromatic heterocycles. The zero-order chi connectivity index (χ0) is 15.9. The van der Waals surface area contributed by atoms with E-state index in [1.165, 1.54) is 6.07 Å². The summed E-state index contributed by atoms with van der Waals surface area (Å²) < 4.78 is 14.2. The summed E-state index contributed by atoms with van der Waals surface area (Å²) in [6, 6.07) is 4.49. The molecular formula is C16H22BrClFN3O. The van der Waals surface area contributed by atoms with Crippen molar-refractivity contribution in [2.45, 2.75) is 24.3 Å². The number of halogens is 3. The van der Waals surface area contributed by atoms with Gasteiger partial charge in [-0.3, -0.25) is 4.79 Å². The Morgan fingerprint density at radius 1 is 1.30 bits per heavy atom. The molecule has 0 radical (unpaired) electrons. The number of nitrogens with two attached hydrogens (primary N) is 1. The molecule has 1 saturated carbocycles. The lowest BCUT2D eigenvalue weighted by Gasteiger charge is -2.35. The number of piperazine rings is 1. The second kappa shape index (κ2) is 7.05. The Hall–Kier alpha value is -0.690. The first-order valence-electron chi connectivity index (χ1n) is 7.62. The zero-order valence-electron chi connectivity index (χ0n) is 13.1. The summed E-state index contributed by atoms with van der Waals surface area (Å²) in [6.45, 7) is 3.18. The topological polar surface area (TPSA) is 49.6 Å². The molecule has 0 unspecified atom stereocenters. The van der Waals surface area contributed by atoms with Crippen molar-refractivity contribution in [3.05, 3.63) is 34.1 Å². The zero-order valence-corrected chi connectivity index (χ0v) is 15.5. The molecule has 1 aromatic rings. The van der Waals surface area contributed by atoms with E-state index in [0.29, 0.717) is 17.6 Å². The molecule has 2 aliphatic rings. The van der Waals surface area contributed by atoms with Crippen LogP contribution in [0.25, 0.3) is 0 Å². The lowest BCUT2D eigenvalue weighted by atomic mass is 9.87. The van der Waals surface area contributed by atoms with Crippen molar-refractivity contribution in [3.63, 3.8) is 0 Å². The number of hydrogen-bond donors (Lipinski definition) is 1. The van der Waals surface area contributed by atoms with Crippen LogP contribution < -0.4 is 5.73 Å². The molecule has 3 rings (SSSR count). The van der Waals surface area contributed by atoms with E-state index in [4.69, 9.17) is 5.73 Å². The Bertz CT molecular complexity index is 589. The number of hydrogen-bond acceptors (Lipinski definition) is 3. The number of benzene rings is 1. The van der Waals surface area contributed by atoms with Gasteiger partial charge in [0.1, 0.15) is 5.82 Å². The highest BCUT2D eigenvalue weighted by atomic mass is 79.9. The smallest absolute Gasteiger partial charge is 0.240 e. The highest BCUT2D eigenvalue weighted by Gasteiger charge is 2.53. The van der Waals surface area contributed by atoms with Gasteiger partial charge >= 0.3 is 0 Å². The summed E-state index contributed by atoms with van der Waals surface area (Å²) in [6.07, 6.45) is 1.68. The van der Waals surface area contributed by atoms with E-state index in [-0.39, 0.29) is 29.5 Å². The van der Waals surface area contributed by atoms with Crippen molar-refractivity contribution in [3.8, 4) is 0 Å². The first-order chi connectivity index (χ1) is 10.4. The van der Waals surface area contributed by atoms with Gasteiger partial charge < -0.3 is 15.5 Å². The van der Waals surface area contributed by atoms with E-state index in [0.717, 1.165) is 31.5 Å². The van der Waals surface area contributed by atoms with Gasteiger partial charge in [-0.2, -0.15) is 0 Å². The number of rotatable bonds is 3.